The van der Waals surface area contributed by atoms with Gasteiger partial charge in [-0.2, -0.15) is 0 Å². The molecule has 0 bridgehead atoms. The Kier molecular flexibility index (Phi) is 5.62. The van der Waals surface area contributed by atoms with Crippen molar-refractivity contribution in [3.05, 3.63) is 28.8 Å². The highest BCUT2D eigenvalue weighted by Gasteiger charge is 2.30. The molecule has 0 aromatic heterocycles. The first-order valence-electron chi connectivity index (χ1n) is 7.78. The van der Waals surface area contributed by atoms with Gasteiger partial charge in [-0.15, -0.1) is 0 Å². The number of morpholine rings is 1. The van der Waals surface area contributed by atoms with Crippen molar-refractivity contribution >= 4 is 0 Å². The lowest BCUT2D eigenvalue weighted by molar-refractivity contribution is -0.947. The molecule has 0 unspecified atom stereocenters. The van der Waals surface area contributed by atoms with E-state index in [0.717, 1.165) is 56.0 Å². The smallest absolute Gasteiger partial charge is 0.122 e. The van der Waals surface area contributed by atoms with Crippen molar-refractivity contribution in [1.82, 2.24) is 0 Å². The first kappa shape index (κ1) is 16.3. The van der Waals surface area contributed by atoms with Crippen LogP contribution in [0.4, 0.5) is 0 Å². The second kappa shape index (κ2) is 7.25. The first-order valence-corrected chi connectivity index (χ1v) is 7.78. The maximum absolute atomic E-state index is 9.18. The van der Waals surface area contributed by atoms with Gasteiger partial charge in [0.15, 0.2) is 0 Å². The van der Waals surface area contributed by atoms with Gasteiger partial charge in [0.2, 0.25) is 0 Å². The van der Waals surface area contributed by atoms with Crippen molar-refractivity contribution in [2.45, 2.75) is 26.8 Å². The Bertz CT molecular complexity index is 467. The second-order valence-corrected chi connectivity index (χ2v) is 6.10. The van der Waals surface area contributed by atoms with E-state index in [2.05, 4.69) is 26.0 Å². The Balaban J connectivity index is 2.21. The molecule has 1 aliphatic heterocycles. The van der Waals surface area contributed by atoms with Crippen molar-refractivity contribution < 1.29 is 19.1 Å². The Hall–Kier alpha value is -1.10. The molecule has 0 saturated carbocycles. The number of benzene rings is 1. The van der Waals surface area contributed by atoms with Gasteiger partial charge in [0.25, 0.3) is 0 Å². The van der Waals surface area contributed by atoms with E-state index in [1.165, 1.54) is 16.7 Å². The summed E-state index contributed by atoms with van der Waals surface area (Å²) in [6.45, 7) is 10.2. The molecular weight excluding hydrogens is 266 g/mol. The van der Waals surface area contributed by atoms with Crippen molar-refractivity contribution in [1.29, 1.82) is 0 Å². The predicted molar refractivity (Wildman–Crippen MR) is 83.6 cm³/mol. The van der Waals surface area contributed by atoms with Gasteiger partial charge in [0.1, 0.15) is 25.4 Å². The van der Waals surface area contributed by atoms with Crippen LogP contribution in [0.3, 0.4) is 0 Å². The van der Waals surface area contributed by atoms with Gasteiger partial charge in [0, 0.05) is 18.6 Å². The van der Waals surface area contributed by atoms with Crippen molar-refractivity contribution in [2.24, 2.45) is 0 Å². The van der Waals surface area contributed by atoms with E-state index in [0.29, 0.717) is 0 Å². The number of aryl methyl sites for hydroxylation is 1. The van der Waals surface area contributed by atoms with E-state index in [4.69, 9.17) is 9.47 Å². The number of aliphatic hydroxyl groups is 1. The van der Waals surface area contributed by atoms with E-state index in [-0.39, 0.29) is 6.61 Å². The third-order valence-electron chi connectivity index (χ3n) is 4.63. The van der Waals surface area contributed by atoms with Gasteiger partial charge >= 0.3 is 0 Å². The predicted octanol–water partition coefficient (Wildman–Crippen LogP) is 2.04. The van der Waals surface area contributed by atoms with Gasteiger partial charge in [-0.1, -0.05) is 0 Å². The summed E-state index contributed by atoms with van der Waals surface area (Å²) in [7, 11) is 1.73. The van der Waals surface area contributed by atoms with Gasteiger partial charge in [-0.3, -0.25) is 0 Å². The van der Waals surface area contributed by atoms with Crippen LogP contribution in [0.15, 0.2) is 12.1 Å². The molecule has 1 saturated heterocycles. The minimum absolute atomic E-state index is 0.261. The maximum atomic E-state index is 9.18. The number of aliphatic hydroxyl groups excluding tert-OH is 1. The standard InChI is InChI=1S/C17H28NO3/c1-14-11-16(12-17(20-3)15(14)2)13-18(5-4-8-19)6-9-21-10-7-18/h11-12,19H,4-10,13H2,1-3H3/q+1. The highest BCUT2D eigenvalue weighted by atomic mass is 16.5. The van der Waals surface area contributed by atoms with Gasteiger partial charge < -0.3 is 19.1 Å². The number of rotatable bonds is 6. The highest BCUT2D eigenvalue weighted by Crippen LogP contribution is 2.26. The Morgan fingerprint density at radius 1 is 1.24 bits per heavy atom. The topological polar surface area (TPSA) is 38.7 Å². The zero-order valence-corrected chi connectivity index (χ0v) is 13.5. The van der Waals surface area contributed by atoms with Crippen LogP contribution in [-0.2, 0) is 11.3 Å². The molecule has 1 fully saturated rings. The van der Waals surface area contributed by atoms with Gasteiger partial charge in [-0.25, -0.2) is 0 Å². The molecule has 21 heavy (non-hydrogen) atoms. The third kappa shape index (κ3) is 3.96. The molecule has 118 valence electrons. The monoisotopic (exact) mass is 294 g/mol. The van der Waals surface area contributed by atoms with Crippen LogP contribution in [0.1, 0.15) is 23.1 Å². The van der Waals surface area contributed by atoms with E-state index < -0.39 is 0 Å². The highest BCUT2D eigenvalue weighted by molar-refractivity contribution is 5.42. The Morgan fingerprint density at radius 2 is 1.95 bits per heavy atom. The number of nitrogens with zero attached hydrogens (tertiary/aromatic N) is 1. The van der Waals surface area contributed by atoms with E-state index in [1.807, 2.05) is 0 Å². The van der Waals surface area contributed by atoms with Crippen molar-refractivity contribution in [2.75, 3.05) is 46.6 Å². The fourth-order valence-corrected chi connectivity index (χ4v) is 3.19. The second-order valence-electron chi connectivity index (χ2n) is 6.10. The number of ether oxygens (including phenoxy) is 2. The summed E-state index contributed by atoms with van der Waals surface area (Å²) in [6, 6.07) is 4.43. The maximum Gasteiger partial charge on any atom is 0.122 e. The average Bonchev–Trinajstić information content (AvgIpc) is 2.49. The minimum atomic E-state index is 0.261. The Morgan fingerprint density at radius 3 is 2.57 bits per heavy atom. The molecule has 0 amide bonds. The molecule has 1 aliphatic rings. The molecule has 4 nitrogen and oxygen atoms in total. The zero-order valence-electron chi connectivity index (χ0n) is 13.5. The normalized spacial score (nSPS) is 17.7. The SMILES string of the molecule is COc1cc(C[N+]2(CCCO)CCOCC2)cc(C)c1C. The van der Waals surface area contributed by atoms with E-state index in [9.17, 15) is 5.11 Å². The molecule has 0 atom stereocenters. The van der Waals surface area contributed by atoms with Crippen molar-refractivity contribution in [3.8, 4) is 5.75 Å². The molecule has 1 N–H and O–H groups in total. The quantitative estimate of drug-likeness (QED) is 0.816. The summed E-state index contributed by atoms with van der Waals surface area (Å²) in [5, 5.41) is 9.18. The lowest BCUT2D eigenvalue weighted by atomic mass is 10.0. The lowest BCUT2D eigenvalue weighted by Gasteiger charge is -2.41. The van der Waals surface area contributed by atoms with Crippen LogP contribution < -0.4 is 4.74 Å². The molecular formula is C17H28NO3+. The summed E-state index contributed by atoms with van der Waals surface area (Å²) >= 11 is 0. The van der Waals surface area contributed by atoms with Crippen LogP contribution >= 0.6 is 0 Å². The van der Waals surface area contributed by atoms with Crippen molar-refractivity contribution in [3.63, 3.8) is 0 Å². The summed E-state index contributed by atoms with van der Waals surface area (Å²) in [6.07, 6.45) is 0.849. The van der Waals surface area contributed by atoms with E-state index in [1.54, 1.807) is 7.11 Å². The summed E-state index contributed by atoms with van der Waals surface area (Å²) in [5.74, 6) is 0.971. The molecule has 2 rings (SSSR count). The molecule has 4 heteroatoms. The molecule has 0 radical (unpaired) electrons. The number of hydrogen-bond donors (Lipinski definition) is 1. The number of quaternary nitrogens is 1. The first-order chi connectivity index (χ1) is 10.1. The molecule has 0 spiro atoms. The number of methoxy groups -OCH3 is 1. The van der Waals surface area contributed by atoms with Crippen LogP contribution in [0.5, 0.6) is 5.75 Å². The molecule has 0 aliphatic carbocycles. The Labute approximate surface area is 127 Å². The number of hydrogen-bond acceptors (Lipinski definition) is 3. The summed E-state index contributed by atoms with van der Waals surface area (Å²) in [4.78, 5) is 0. The van der Waals surface area contributed by atoms with Crippen LogP contribution in [0.2, 0.25) is 0 Å². The summed E-state index contributed by atoms with van der Waals surface area (Å²) in [5.41, 5.74) is 3.80. The van der Waals surface area contributed by atoms with Gasteiger partial charge in [-0.05, 0) is 37.1 Å². The lowest BCUT2D eigenvalue weighted by Crippen LogP contribution is -2.55. The average molecular weight is 294 g/mol. The van der Waals surface area contributed by atoms with Crippen LogP contribution in [0, 0.1) is 13.8 Å². The summed E-state index contributed by atoms with van der Waals surface area (Å²) < 4.78 is 12.0. The molecule has 1 aromatic carbocycles. The van der Waals surface area contributed by atoms with Crippen LogP contribution in [0.25, 0.3) is 0 Å². The van der Waals surface area contributed by atoms with Gasteiger partial charge in [0.05, 0.1) is 26.9 Å². The largest absolute Gasteiger partial charge is 0.496 e. The zero-order chi connectivity index (χ0) is 15.3. The fourth-order valence-electron chi connectivity index (χ4n) is 3.19. The van der Waals surface area contributed by atoms with Crippen LogP contribution in [-0.4, -0.2) is 56.2 Å². The molecule has 1 aromatic rings. The third-order valence-corrected chi connectivity index (χ3v) is 4.63. The van der Waals surface area contributed by atoms with E-state index >= 15 is 0 Å². The minimum Gasteiger partial charge on any atom is -0.496 e. The molecule has 1 heterocycles. The fraction of sp³-hybridized carbons (Fsp3) is 0.647.